The first kappa shape index (κ1) is 11.6. The third kappa shape index (κ3) is 2.12. The van der Waals surface area contributed by atoms with Crippen LogP contribution in [0.5, 0.6) is 0 Å². The van der Waals surface area contributed by atoms with Crippen molar-refractivity contribution < 1.29 is 0 Å². The Morgan fingerprint density at radius 2 is 2.38 bits per heavy atom. The SMILES string of the molecule is CN(C)C1CCN(c2nc[nH]c(=O)c2Br)C1. The zero-order chi connectivity index (χ0) is 11.7. The number of hydrogen-bond acceptors (Lipinski definition) is 4. The molecule has 0 amide bonds. The van der Waals surface area contributed by atoms with Gasteiger partial charge in [-0.05, 0) is 36.4 Å². The number of H-pyrrole nitrogens is 1. The van der Waals surface area contributed by atoms with E-state index < -0.39 is 0 Å². The Balaban J connectivity index is 2.21. The van der Waals surface area contributed by atoms with Crippen molar-refractivity contribution in [3.63, 3.8) is 0 Å². The lowest BCUT2D eigenvalue weighted by atomic mass is 10.2. The van der Waals surface area contributed by atoms with Crippen LogP contribution in [0.2, 0.25) is 0 Å². The number of hydrogen-bond donors (Lipinski definition) is 1. The highest BCUT2D eigenvalue weighted by molar-refractivity contribution is 9.10. The predicted molar refractivity (Wildman–Crippen MR) is 66.9 cm³/mol. The third-order valence-electron chi connectivity index (χ3n) is 2.97. The van der Waals surface area contributed by atoms with Gasteiger partial charge in [0.2, 0.25) is 0 Å². The fourth-order valence-electron chi connectivity index (χ4n) is 1.95. The summed E-state index contributed by atoms with van der Waals surface area (Å²) < 4.78 is 0.523. The Morgan fingerprint density at radius 1 is 1.62 bits per heavy atom. The second-order valence-electron chi connectivity index (χ2n) is 4.22. The van der Waals surface area contributed by atoms with Gasteiger partial charge in [0.05, 0.1) is 6.33 Å². The molecule has 1 saturated heterocycles. The Hall–Kier alpha value is -0.880. The van der Waals surface area contributed by atoms with E-state index in [9.17, 15) is 4.79 Å². The maximum atomic E-state index is 11.4. The summed E-state index contributed by atoms with van der Waals surface area (Å²) in [6, 6.07) is 0.535. The number of halogens is 1. The van der Waals surface area contributed by atoms with Gasteiger partial charge in [-0.2, -0.15) is 0 Å². The van der Waals surface area contributed by atoms with E-state index in [2.05, 4.69) is 49.8 Å². The molecule has 1 aliphatic heterocycles. The molecule has 5 nitrogen and oxygen atoms in total. The first-order valence-corrected chi connectivity index (χ1v) is 6.03. The van der Waals surface area contributed by atoms with E-state index in [1.165, 1.54) is 6.33 Å². The topological polar surface area (TPSA) is 52.2 Å². The quantitative estimate of drug-likeness (QED) is 0.869. The number of aromatic amines is 1. The van der Waals surface area contributed by atoms with Gasteiger partial charge in [-0.1, -0.05) is 0 Å². The highest BCUT2D eigenvalue weighted by atomic mass is 79.9. The predicted octanol–water partition coefficient (Wildman–Crippen LogP) is 0.673. The Kier molecular flexibility index (Phi) is 3.30. The Bertz CT molecular complexity index is 431. The van der Waals surface area contributed by atoms with Gasteiger partial charge in [0, 0.05) is 19.1 Å². The van der Waals surface area contributed by atoms with Crippen LogP contribution in [0, 0.1) is 0 Å². The highest BCUT2D eigenvalue weighted by Gasteiger charge is 2.26. The van der Waals surface area contributed by atoms with Crippen LogP contribution in [0.15, 0.2) is 15.6 Å². The number of aromatic nitrogens is 2. The molecule has 0 spiro atoms. The molecule has 16 heavy (non-hydrogen) atoms. The lowest BCUT2D eigenvalue weighted by Gasteiger charge is -2.21. The average Bonchev–Trinajstić information content (AvgIpc) is 2.71. The molecule has 1 unspecified atom stereocenters. The molecule has 1 N–H and O–H groups in total. The second kappa shape index (κ2) is 4.55. The van der Waals surface area contributed by atoms with Crippen molar-refractivity contribution in [2.24, 2.45) is 0 Å². The van der Waals surface area contributed by atoms with E-state index in [1.54, 1.807) is 0 Å². The molecule has 88 valence electrons. The molecule has 6 heteroatoms. The Labute approximate surface area is 103 Å². The number of nitrogens with zero attached hydrogens (tertiary/aromatic N) is 3. The fraction of sp³-hybridized carbons (Fsp3) is 0.600. The summed E-state index contributed by atoms with van der Waals surface area (Å²) in [7, 11) is 4.16. The number of rotatable bonds is 2. The summed E-state index contributed by atoms with van der Waals surface area (Å²) in [5.74, 6) is 0.744. The van der Waals surface area contributed by atoms with Gasteiger partial charge in [0.1, 0.15) is 10.3 Å². The summed E-state index contributed by atoms with van der Waals surface area (Å²) >= 11 is 3.29. The molecular formula is C10H15BrN4O. The summed E-state index contributed by atoms with van der Waals surface area (Å²) in [5.41, 5.74) is -0.127. The molecule has 1 fully saturated rings. The van der Waals surface area contributed by atoms with Gasteiger partial charge < -0.3 is 14.8 Å². The molecule has 1 aliphatic rings. The molecule has 2 rings (SSSR count). The van der Waals surface area contributed by atoms with Crippen molar-refractivity contribution in [3.05, 3.63) is 21.2 Å². The van der Waals surface area contributed by atoms with Gasteiger partial charge in [0.25, 0.3) is 5.56 Å². The van der Waals surface area contributed by atoms with Gasteiger partial charge in [0.15, 0.2) is 0 Å². The zero-order valence-electron chi connectivity index (χ0n) is 9.40. The van der Waals surface area contributed by atoms with Crippen LogP contribution in [0.3, 0.4) is 0 Å². The van der Waals surface area contributed by atoms with Crippen molar-refractivity contribution in [1.29, 1.82) is 0 Å². The lowest BCUT2D eigenvalue weighted by Crippen LogP contribution is -2.32. The van der Waals surface area contributed by atoms with Crippen molar-refractivity contribution in [2.45, 2.75) is 12.5 Å². The van der Waals surface area contributed by atoms with Crippen molar-refractivity contribution in [3.8, 4) is 0 Å². The first-order chi connectivity index (χ1) is 7.59. The van der Waals surface area contributed by atoms with Gasteiger partial charge in [-0.15, -0.1) is 0 Å². The molecule has 1 aromatic heterocycles. The van der Waals surface area contributed by atoms with Crippen LogP contribution < -0.4 is 10.5 Å². The minimum atomic E-state index is -0.127. The van der Waals surface area contributed by atoms with Crippen LogP contribution >= 0.6 is 15.9 Å². The van der Waals surface area contributed by atoms with E-state index in [4.69, 9.17) is 0 Å². The van der Waals surface area contributed by atoms with E-state index >= 15 is 0 Å². The van der Waals surface area contributed by atoms with Gasteiger partial charge >= 0.3 is 0 Å². The minimum absolute atomic E-state index is 0.127. The Morgan fingerprint density at radius 3 is 3.00 bits per heavy atom. The van der Waals surface area contributed by atoms with Gasteiger partial charge in [-0.3, -0.25) is 4.79 Å². The molecule has 1 aromatic rings. The highest BCUT2D eigenvalue weighted by Crippen LogP contribution is 2.24. The third-order valence-corrected chi connectivity index (χ3v) is 3.69. The largest absolute Gasteiger partial charge is 0.354 e. The summed E-state index contributed by atoms with van der Waals surface area (Å²) in [5, 5.41) is 0. The molecular weight excluding hydrogens is 272 g/mol. The van der Waals surface area contributed by atoms with Crippen LogP contribution in [-0.4, -0.2) is 48.1 Å². The number of anilines is 1. The summed E-state index contributed by atoms with van der Waals surface area (Å²) in [6.07, 6.45) is 2.55. The fourth-order valence-corrected chi connectivity index (χ4v) is 2.42. The van der Waals surface area contributed by atoms with Crippen molar-refractivity contribution in [2.75, 3.05) is 32.1 Å². The van der Waals surface area contributed by atoms with Gasteiger partial charge in [-0.25, -0.2) is 4.98 Å². The summed E-state index contributed by atoms with van der Waals surface area (Å²) in [4.78, 5) is 22.6. The lowest BCUT2D eigenvalue weighted by molar-refractivity contribution is 0.315. The normalized spacial score (nSPS) is 20.8. The molecule has 0 saturated carbocycles. The molecule has 0 bridgehead atoms. The van der Waals surface area contributed by atoms with E-state index in [0.29, 0.717) is 10.5 Å². The second-order valence-corrected chi connectivity index (χ2v) is 5.01. The van der Waals surface area contributed by atoms with Crippen LogP contribution in [0.25, 0.3) is 0 Å². The zero-order valence-corrected chi connectivity index (χ0v) is 11.0. The number of nitrogens with one attached hydrogen (secondary N) is 1. The van der Waals surface area contributed by atoms with E-state index in [-0.39, 0.29) is 5.56 Å². The van der Waals surface area contributed by atoms with Crippen LogP contribution in [0.4, 0.5) is 5.82 Å². The maximum Gasteiger partial charge on any atom is 0.267 e. The molecule has 1 atom stereocenters. The average molecular weight is 287 g/mol. The minimum Gasteiger partial charge on any atom is -0.354 e. The smallest absolute Gasteiger partial charge is 0.267 e. The van der Waals surface area contributed by atoms with E-state index in [1.807, 2.05) is 0 Å². The van der Waals surface area contributed by atoms with E-state index in [0.717, 1.165) is 25.3 Å². The molecule has 0 aliphatic carbocycles. The summed E-state index contributed by atoms with van der Waals surface area (Å²) in [6.45, 7) is 1.86. The maximum absolute atomic E-state index is 11.4. The van der Waals surface area contributed by atoms with Crippen molar-refractivity contribution >= 4 is 21.7 Å². The molecule has 2 heterocycles. The van der Waals surface area contributed by atoms with Crippen LogP contribution in [0.1, 0.15) is 6.42 Å². The molecule has 0 aromatic carbocycles. The molecule has 0 radical (unpaired) electrons. The standard InChI is InChI=1S/C10H15BrN4O/c1-14(2)7-3-4-15(5-7)9-8(11)10(16)13-6-12-9/h6-7H,3-5H2,1-2H3,(H,12,13,16). The number of likely N-dealkylation sites (N-methyl/N-ethyl adjacent to an activating group) is 1. The first-order valence-electron chi connectivity index (χ1n) is 5.24. The van der Waals surface area contributed by atoms with Crippen LogP contribution in [-0.2, 0) is 0 Å². The van der Waals surface area contributed by atoms with Crippen molar-refractivity contribution in [1.82, 2.24) is 14.9 Å². The monoisotopic (exact) mass is 286 g/mol.